The summed E-state index contributed by atoms with van der Waals surface area (Å²) in [4.78, 5) is 0. The molecule has 35 heavy (non-hydrogen) atoms. The molecule has 194 valence electrons. The lowest BCUT2D eigenvalue weighted by Crippen LogP contribution is -2.52. The van der Waals surface area contributed by atoms with Crippen LogP contribution in [-0.2, 0) is 18.4 Å². The molecule has 1 fully saturated rings. The lowest BCUT2D eigenvalue weighted by atomic mass is 9.49. The predicted octanol–water partition coefficient (Wildman–Crippen LogP) is 7.06. The highest BCUT2D eigenvalue weighted by atomic mass is 35.5. The molecule has 0 aliphatic heterocycles. The van der Waals surface area contributed by atoms with E-state index < -0.39 is 0 Å². The minimum absolute atomic E-state index is 0. The summed E-state index contributed by atoms with van der Waals surface area (Å²) in [5, 5.41) is 3.80. The number of rotatable bonds is 8. The quantitative estimate of drug-likeness (QED) is 0.420. The smallest absolute Gasteiger partial charge is 0.203 e. The number of hydrogen-bond acceptors (Lipinski definition) is 4. The minimum atomic E-state index is 0. The van der Waals surface area contributed by atoms with Gasteiger partial charge in [0.15, 0.2) is 11.5 Å². The SMILES string of the molecule is COc1cc(CNC[C@@]2(C)CCC[C@@]3(C)c4ccc(C(C)C)cc4CC[C@H]23)cc(OC)c1OC.Cl. The van der Waals surface area contributed by atoms with Crippen molar-refractivity contribution in [1.29, 1.82) is 0 Å². The Morgan fingerprint density at radius 2 is 1.66 bits per heavy atom. The summed E-state index contributed by atoms with van der Waals surface area (Å²) in [6, 6.07) is 11.4. The van der Waals surface area contributed by atoms with Crippen molar-refractivity contribution in [2.24, 2.45) is 11.3 Å². The Labute approximate surface area is 218 Å². The molecule has 0 spiro atoms. The summed E-state index contributed by atoms with van der Waals surface area (Å²) >= 11 is 0. The van der Waals surface area contributed by atoms with Crippen LogP contribution in [-0.4, -0.2) is 27.9 Å². The van der Waals surface area contributed by atoms with Gasteiger partial charge in [-0.15, -0.1) is 12.4 Å². The average Bonchev–Trinajstić information content (AvgIpc) is 2.82. The van der Waals surface area contributed by atoms with Gasteiger partial charge in [-0.1, -0.05) is 52.3 Å². The van der Waals surface area contributed by atoms with Crippen molar-refractivity contribution in [2.75, 3.05) is 27.9 Å². The van der Waals surface area contributed by atoms with E-state index >= 15 is 0 Å². The first-order valence-corrected chi connectivity index (χ1v) is 12.9. The van der Waals surface area contributed by atoms with Crippen LogP contribution >= 0.6 is 12.4 Å². The molecule has 0 aromatic heterocycles. The molecule has 0 amide bonds. The topological polar surface area (TPSA) is 39.7 Å². The molecule has 1 saturated carbocycles. The number of fused-ring (bicyclic) bond motifs is 3. The number of nitrogens with one attached hydrogen (secondary N) is 1. The molecule has 0 unspecified atom stereocenters. The second-order valence-corrected chi connectivity index (χ2v) is 11.2. The van der Waals surface area contributed by atoms with Crippen molar-refractivity contribution >= 4 is 12.4 Å². The number of hydrogen-bond donors (Lipinski definition) is 1. The second kappa shape index (κ2) is 11.0. The number of methoxy groups -OCH3 is 3. The van der Waals surface area contributed by atoms with E-state index in [4.69, 9.17) is 14.2 Å². The van der Waals surface area contributed by atoms with Gasteiger partial charge >= 0.3 is 0 Å². The molecular weight excluding hydrogens is 458 g/mol. The van der Waals surface area contributed by atoms with Crippen LogP contribution in [0.1, 0.15) is 81.5 Å². The van der Waals surface area contributed by atoms with E-state index in [9.17, 15) is 0 Å². The Kier molecular flexibility index (Phi) is 8.70. The van der Waals surface area contributed by atoms with Crippen LogP contribution in [0.25, 0.3) is 0 Å². The van der Waals surface area contributed by atoms with Gasteiger partial charge in [-0.25, -0.2) is 0 Å². The van der Waals surface area contributed by atoms with Gasteiger partial charge in [-0.05, 0) is 82.7 Å². The van der Waals surface area contributed by atoms with E-state index in [1.165, 1.54) is 37.7 Å². The Morgan fingerprint density at radius 3 is 2.26 bits per heavy atom. The zero-order chi connectivity index (χ0) is 24.5. The van der Waals surface area contributed by atoms with E-state index in [2.05, 4.69) is 51.2 Å². The monoisotopic (exact) mass is 501 g/mol. The average molecular weight is 502 g/mol. The van der Waals surface area contributed by atoms with E-state index in [0.29, 0.717) is 29.1 Å². The van der Waals surface area contributed by atoms with Crippen LogP contribution in [0.15, 0.2) is 30.3 Å². The number of benzene rings is 2. The first kappa shape index (κ1) is 27.7. The third-order valence-corrected chi connectivity index (χ3v) is 8.75. The Morgan fingerprint density at radius 1 is 0.971 bits per heavy atom. The van der Waals surface area contributed by atoms with Crippen LogP contribution < -0.4 is 19.5 Å². The van der Waals surface area contributed by atoms with Crippen molar-refractivity contribution in [2.45, 2.75) is 77.7 Å². The van der Waals surface area contributed by atoms with Gasteiger partial charge in [0.05, 0.1) is 21.3 Å². The van der Waals surface area contributed by atoms with Gasteiger partial charge in [-0.2, -0.15) is 0 Å². The molecule has 5 heteroatoms. The third-order valence-electron chi connectivity index (χ3n) is 8.75. The van der Waals surface area contributed by atoms with Crippen molar-refractivity contribution in [3.8, 4) is 17.2 Å². The van der Waals surface area contributed by atoms with Gasteiger partial charge in [0.25, 0.3) is 0 Å². The summed E-state index contributed by atoms with van der Waals surface area (Å²) in [7, 11) is 4.98. The lowest BCUT2D eigenvalue weighted by molar-refractivity contribution is 0.0257. The van der Waals surface area contributed by atoms with Gasteiger partial charge in [-0.3, -0.25) is 0 Å². The van der Waals surface area contributed by atoms with Crippen molar-refractivity contribution in [3.05, 3.63) is 52.6 Å². The molecule has 0 radical (unpaired) electrons. The number of aryl methyl sites for hydroxylation is 1. The minimum Gasteiger partial charge on any atom is -0.493 e. The summed E-state index contributed by atoms with van der Waals surface area (Å²) < 4.78 is 16.6. The fourth-order valence-electron chi connectivity index (χ4n) is 6.94. The van der Waals surface area contributed by atoms with Crippen LogP contribution in [0.5, 0.6) is 17.2 Å². The van der Waals surface area contributed by atoms with Crippen LogP contribution in [0.4, 0.5) is 0 Å². The van der Waals surface area contributed by atoms with Crippen molar-refractivity contribution in [1.82, 2.24) is 5.32 Å². The third kappa shape index (κ3) is 5.15. The second-order valence-electron chi connectivity index (χ2n) is 11.2. The maximum absolute atomic E-state index is 5.54. The van der Waals surface area contributed by atoms with Gasteiger partial charge < -0.3 is 19.5 Å². The first-order chi connectivity index (χ1) is 16.3. The molecule has 2 aromatic rings. The van der Waals surface area contributed by atoms with Crippen LogP contribution in [0.3, 0.4) is 0 Å². The summed E-state index contributed by atoms with van der Waals surface area (Å²) in [5.74, 6) is 3.34. The van der Waals surface area contributed by atoms with Crippen LogP contribution in [0, 0.1) is 11.3 Å². The van der Waals surface area contributed by atoms with E-state index in [1.807, 2.05) is 12.1 Å². The highest BCUT2D eigenvalue weighted by Gasteiger charge is 2.51. The number of halogens is 1. The Bertz CT molecular complexity index is 998. The lowest BCUT2D eigenvalue weighted by Gasteiger charge is -2.55. The molecule has 4 rings (SSSR count). The summed E-state index contributed by atoms with van der Waals surface area (Å²) in [6.07, 6.45) is 6.37. The molecular formula is C30H44ClNO3. The summed E-state index contributed by atoms with van der Waals surface area (Å²) in [5.41, 5.74) is 6.38. The van der Waals surface area contributed by atoms with E-state index in [0.717, 1.165) is 18.7 Å². The van der Waals surface area contributed by atoms with Crippen molar-refractivity contribution in [3.63, 3.8) is 0 Å². The fraction of sp³-hybridized carbons (Fsp3) is 0.600. The molecule has 0 saturated heterocycles. The Balaban J connectivity index is 0.00000342. The maximum Gasteiger partial charge on any atom is 0.203 e. The normalized spacial score (nSPS) is 25.3. The molecule has 1 N–H and O–H groups in total. The fourth-order valence-corrected chi connectivity index (χ4v) is 6.94. The highest BCUT2D eigenvalue weighted by Crippen LogP contribution is 2.57. The van der Waals surface area contributed by atoms with Gasteiger partial charge in [0, 0.05) is 13.1 Å². The molecule has 2 aliphatic carbocycles. The van der Waals surface area contributed by atoms with Crippen LogP contribution in [0.2, 0.25) is 0 Å². The number of ether oxygens (including phenoxy) is 3. The van der Waals surface area contributed by atoms with E-state index in [-0.39, 0.29) is 23.2 Å². The molecule has 4 nitrogen and oxygen atoms in total. The van der Waals surface area contributed by atoms with Crippen molar-refractivity contribution < 1.29 is 14.2 Å². The standard InChI is InChI=1S/C30H43NO3.ClH/c1-20(2)22-9-11-24-23(17-22)10-12-27-29(3,13-8-14-30(24,27)4)19-31-18-21-15-25(32-5)28(34-7)26(16-21)33-6;/h9,11,15-17,20,27,31H,8,10,12-14,18-19H2,1-7H3;1H/t27-,29-,30+;/m1./s1. The highest BCUT2D eigenvalue weighted by molar-refractivity contribution is 5.85. The zero-order valence-electron chi connectivity index (χ0n) is 22.6. The van der Waals surface area contributed by atoms with E-state index in [1.54, 1.807) is 32.5 Å². The molecule has 0 bridgehead atoms. The first-order valence-electron chi connectivity index (χ1n) is 12.9. The Hall–Kier alpha value is -1.91. The maximum atomic E-state index is 5.54. The predicted molar refractivity (Wildman–Crippen MR) is 147 cm³/mol. The van der Waals surface area contributed by atoms with Gasteiger partial charge in [0.2, 0.25) is 5.75 Å². The molecule has 2 aliphatic rings. The zero-order valence-corrected chi connectivity index (χ0v) is 23.4. The largest absolute Gasteiger partial charge is 0.493 e. The molecule has 3 atom stereocenters. The molecule has 2 aromatic carbocycles. The summed E-state index contributed by atoms with van der Waals surface area (Å²) in [6.45, 7) is 11.5. The molecule has 0 heterocycles. The van der Waals surface area contributed by atoms with Gasteiger partial charge in [0.1, 0.15) is 0 Å².